The molecule has 0 aliphatic carbocycles. The molecule has 2 N–H and O–H groups in total. The van der Waals surface area contributed by atoms with E-state index in [4.69, 9.17) is 12.2 Å². The Morgan fingerprint density at radius 1 is 1.07 bits per heavy atom. The lowest BCUT2D eigenvalue weighted by molar-refractivity contribution is 0.792. The van der Waals surface area contributed by atoms with E-state index in [9.17, 15) is 0 Å². The highest BCUT2D eigenvalue weighted by Gasteiger charge is 2.05. The van der Waals surface area contributed by atoms with Crippen LogP contribution in [0.25, 0.3) is 0 Å². The molecule has 0 heterocycles. The Kier molecular flexibility index (Phi) is 7.80. The van der Waals surface area contributed by atoms with Crippen LogP contribution in [-0.2, 0) is 0 Å². The average Bonchev–Trinajstić information content (AvgIpc) is 2.63. The van der Waals surface area contributed by atoms with E-state index in [2.05, 4.69) is 91.8 Å². The van der Waals surface area contributed by atoms with Crippen molar-refractivity contribution in [1.82, 2.24) is 5.43 Å². The van der Waals surface area contributed by atoms with Crippen molar-refractivity contribution in [3.05, 3.63) is 58.7 Å². The molecule has 2 aromatic carbocycles. The number of hydrogen-bond donors (Lipinski definition) is 2. The maximum atomic E-state index is 5.36. The molecule has 0 aromatic heterocycles. The third-order valence-corrected chi connectivity index (χ3v) is 4.62. The lowest BCUT2D eigenvalue weighted by Crippen LogP contribution is -2.24. The van der Waals surface area contributed by atoms with Crippen LogP contribution in [-0.4, -0.2) is 24.4 Å². The van der Waals surface area contributed by atoms with Crippen LogP contribution in [0.3, 0.4) is 0 Å². The Morgan fingerprint density at radius 2 is 1.70 bits per heavy atom. The van der Waals surface area contributed by atoms with Gasteiger partial charge in [0.2, 0.25) is 0 Å². The van der Waals surface area contributed by atoms with Crippen LogP contribution in [0.15, 0.2) is 41.5 Å². The van der Waals surface area contributed by atoms with Crippen LogP contribution >= 0.6 is 12.2 Å². The maximum Gasteiger partial charge on any atom is 0.191 e. The fourth-order valence-electron chi connectivity index (χ4n) is 3.20. The standard InChI is InChI=1S/C22H30N4S/c1-6-12-26(7-2)20-10-8-19(9-11-20)15-23-25-22(27)24-21-17(4)13-16(3)14-18(21)5/h8-11,13-15H,6-7,12H2,1-5H3,(H2,24,25,27)/b23-15-. The summed E-state index contributed by atoms with van der Waals surface area (Å²) in [5.41, 5.74) is 9.79. The Bertz CT molecular complexity index is 773. The van der Waals surface area contributed by atoms with Crippen molar-refractivity contribution in [3.63, 3.8) is 0 Å². The molecule has 2 aromatic rings. The number of nitrogens with one attached hydrogen (secondary N) is 2. The van der Waals surface area contributed by atoms with Gasteiger partial charge in [-0.15, -0.1) is 0 Å². The maximum absolute atomic E-state index is 5.36. The molecule has 0 unspecified atom stereocenters. The summed E-state index contributed by atoms with van der Waals surface area (Å²) in [6.07, 6.45) is 2.92. The zero-order chi connectivity index (χ0) is 19.8. The Balaban J connectivity index is 1.94. The lowest BCUT2D eigenvalue weighted by Gasteiger charge is -2.22. The third kappa shape index (κ3) is 6.07. The van der Waals surface area contributed by atoms with Gasteiger partial charge in [0.15, 0.2) is 5.11 Å². The Hall–Kier alpha value is -2.40. The first kappa shape index (κ1) is 20.9. The van der Waals surface area contributed by atoms with Crippen molar-refractivity contribution in [2.24, 2.45) is 5.10 Å². The molecule has 0 saturated carbocycles. The summed E-state index contributed by atoms with van der Waals surface area (Å²) >= 11 is 5.36. The van der Waals surface area contributed by atoms with E-state index in [0.717, 1.165) is 30.8 Å². The molecule has 0 saturated heterocycles. The fourth-order valence-corrected chi connectivity index (χ4v) is 3.35. The number of anilines is 2. The van der Waals surface area contributed by atoms with E-state index in [1.54, 1.807) is 6.21 Å². The van der Waals surface area contributed by atoms with Crippen molar-refractivity contribution < 1.29 is 0 Å². The van der Waals surface area contributed by atoms with Gasteiger partial charge in [0.05, 0.1) is 6.21 Å². The van der Waals surface area contributed by atoms with Gasteiger partial charge in [-0.25, -0.2) is 0 Å². The van der Waals surface area contributed by atoms with E-state index in [0.29, 0.717) is 5.11 Å². The molecule has 0 aliphatic rings. The largest absolute Gasteiger partial charge is 0.372 e. The molecule has 144 valence electrons. The molecular weight excluding hydrogens is 352 g/mol. The number of hydrazone groups is 1. The molecule has 0 radical (unpaired) electrons. The molecule has 4 nitrogen and oxygen atoms in total. The molecule has 0 spiro atoms. The number of nitrogens with zero attached hydrogens (tertiary/aromatic N) is 2. The van der Waals surface area contributed by atoms with Gasteiger partial charge in [-0.05, 0) is 75.2 Å². The minimum atomic E-state index is 0.484. The highest BCUT2D eigenvalue weighted by molar-refractivity contribution is 7.80. The zero-order valence-corrected chi connectivity index (χ0v) is 17.8. The fraction of sp³-hybridized carbons (Fsp3) is 0.364. The van der Waals surface area contributed by atoms with Gasteiger partial charge >= 0.3 is 0 Å². The van der Waals surface area contributed by atoms with Gasteiger partial charge in [0.1, 0.15) is 0 Å². The molecule has 0 bridgehead atoms. The number of hydrogen-bond acceptors (Lipinski definition) is 3. The van der Waals surface area contributed by atoms with Crippen LogP contribution in [0.2, 0.25) is 0 Å². The molecule has 0 atom stereocenters. The highest BCUT2D eigenvalue weighted by atomic mass is 32.1. The first-order valence-corrected chi connectivity index (χ1v) is 9.88. The SMILES string of the molecule is CCCN(CC)c1ccc(/C=N\NC(=S)Nc2c(C)cc(C)cc2C)cc1. The normalized spacial score (nSPS) is 10.9. The molecule has 0 amide bonds. The van der Waals surface area contributed by atoms with Gasteiger partial charge in [0, 0.05) is 24.5 Å². The van der Waals surface area contributed by atoms with Gasteiger partial charge in [-0.1, -0.05) is 36.8 Å². The summed E-state index contributed by atoms with van der Waals surface area (Å²) in [4.78, 5) is 2.37. The summed E-state index contributed by atoms with van der Waals surface area (Å²) < 4.78 is 0. The van der Waals surface area contributed by atoms with E-state index in [1.165, 1.54) is 22.4 Å². The van der Waals surface area contributed by atoms with Gasteiger partial charge in [-0.3, -0.25) is 5.43 Å². The van der Waals surface area contributed by atoms with Crippen LogP contribution in [0.4, 0.5) is 11.4 Å². The minimum absolute atomic E-state index is 0.484. The number of aryl methyl sites for hydroxylation is 3. The van der Waals surface area contributed by atoms with E-state index < -0.39 is 0 Å². The predicted octanol–water partition coefficient (Wildman–Crippen LogP) is 5.17. The zero-order valence-electron chi connectivity index (χ0n) is 17.0. The third-order valence-electron chi connectivity index (χ3n) is 4.43. The molecule has 27 heavy (non-hydrogen) atoms. The van der Waals surface area contributed by atoms with Gasteiger partial charge in [-0.2, -0.15) is 5.10 Å². The summed E-state index contributed by atoms with van der Waals surface area (Å²) in [5.74, 6) is 0. The molecule has 0 fully saturated rings. The van der Waals surface area contributed by atoms with Crippen molar-refractivity contribution in [3.8, 4) is 0 Å². The summed E-state index contributed by atoms with van der Waals surface area (Å²) in [6.45, 7) is 12.7. The van der Waals surface area contributed by atoms with E-state index >= 15 is 0 Å². The second-order valence-electron chi connectivity index (χ2n) is 6.77. The summed E-state index contributed by atoms with van der Waals surface area (Å²) in [7, 11) is 0. The van der Waals surface area contributed by atoms with Gasteiger partial charge in [0.25, 0.3) is 0 Å². The molecular formula is C22H30N4S. The van der Waals surface area contributed by atoms with Crippen molar-refractivity contribution in [1.29, 1.82) is 0 Å². The quantitative estimate of drug-likeness (QED) is 0.394. The first-order valence-electron chi connectivity index (χ1n) is 9.47. The van der Waals surface area contributed by atoms with Crippen LogP contribution in [0.1, 0.15) is 42.5 Å². The number of thiocarbonyl (C=S) groups is 1. The van der Waals surface area contributed by atoms with E-state index in [-0.39, 0.29) is 0 Å². The lowest BCUT2D eigenvalue weighted by atomic mass is 10.1. The number of benzene rings is 2. The van der Waals surface area contributed by atoms with Crippen LogP contribution in [0, 0.1) is 20.8 Å². The Labute approximate surface area is 168 Å². The van der Waals surface area contributed by atoms with E-state index in [1.807, 2.05) is 0 Å². The second kappa shape index (κ2) is 10.1. The number of rotatable bonds is 7. The van der Waals surface area contributed by atoms with Gasteiger partial charge < -0.3 is 10.2 Å². The van der Waals surface area contributed by atoms with Crippen molar-refractivity contribution in [2.75, 3.05) is 23.3 Å². The summed E-state index contributed by atoms with van der Waals surface area (Å²) in [6, 6.07) is 12.7. The molecule has 5 heteroatoms. The van der Waals surface area contributed by atoms with Crippen LogP contribution in [0.5, 0.6) is 0 Å². The highest BCUT2D eigenvalue weighted by Crippen LogP contribution is 2.21. The Morgan fingerprint density at radius 3 is 2.26 bits per heavy atom. The summed E-state index contributed by atoms with van der Waals surface area (Å²) in [5, 5.41) is 7.98. The van der Waals surface area contributed by atoms with Crippen molar-refractivity contribution >= 4 is 34.9 Å². The average molecular weight is 383 g/mol. The first-order chi connectivity index (χ1) is 12.9. The molecule has 2 rings (SSSR count). The van der Waals surface area contributed by atoms with Crippen molar-refractivity contribution in [2.45, 2.75) is 41.0 Å². The minimum Gasteiger partial charge on any atom is -0.372 e. The smallest absolute Gasteiger partial charge is 0.191 e. The monoisotopic (exact) mass is 382 g/mol. The predicted molar refractivity (Wildman–Crippen MR) is 122 cm³/mol. The second-order valence-corrected chi connectivity index (χ2v) is 7.18. The molecule has 0 aliphatic heterocycles. The van der Waals surface area contributed by atoms with Crippen LogP contribution < -0.4 is 15.6 Å². The topological polar surface area (TPSA) is 39.7 Å².